The molecule has 3 rings (SSSR count). The molecule has 0 aliphatic heterocycles. The van der Waals surface area contributed by atoms with E-state index < -0.39 is 5.97 Å². The minimum absolute atomic E-state index is 0.217. The number of nitrogens with zero attached hydrogens (tertiary/aromatic N) is 2. The van der Waals surface area contributed by atoms with Crippen molar-refractivity contribution in [3.05, 3.63) is 40.5 Å². The lowest BCUT2D eigenvalue weighted by Gasteiger charge is -2.07. The highest BCUT2D eigenvalue weighted by molar-refractivity contribution is 7.15. The number of methoxy groups -OCH3 is 1. The zero-order valence-corrected chi connectivity index (χ0v) is 12.7. The maximum absolute atomic E-state index is 11.5. The third-order valence-corrected chi connectivity index (χ3v) is 4.26. The highest BCUT2D eigenvalue weighted by Crippen LogP contribution is 2.31. The number of hydrogen-bond donors (Lipinski definition) is 1. The summed E-state index contributed by atoms with van der Waals surface area (Å²) in [5, 5.41) is 11.3. The van der Waals surface area contributed by atoms with Gasteiger partial charge in [0.05, 0.1) is 18.5 Å². The zero-order valence-electron chi connectivity index (χ0n) is 11.9. The molecule has 0 saturated heterocycles. The summed E-state index contributed by atoms with van der Waals surface area (Å²) in [7, 11) is 1.63. The third-order valence-electron chi connectivity index (χ3n) is 3.43. The lowest BCUT2D eigenvalue weighted by molar-refractivity contribution is 0.0688. The molecule has 0 atom stereocenters. The second kappa shape index (κ2) is 4.89. The predicted molar refractivity (Wildman–Crippen MR) is 81.5 cm³/mol. The van der Waals surface area contributed by atoms with Gasteiger partial charge < -0.3 is 9.84 Å². The van der Waals surface area contributed by atoms with Gasteiger partial charge in [0.25, 0.3) is 0 Å². The van der Waals surface area contributed by atoms with Crippen LogP contribution in [0.25, 0.3) is 16.2 Å². The molecule has 6 heteroatoms. The number of thiazole rings is 1. The number of rotatable bonds is 3. The van der Waals surface area contributed by atoms with Crippen LogP contribution in [0.3, 0.4) is 0 Å². The lowest BCUT2D eigenvalue weighted by atomic mass is 10.1. The summed E-state index contributed by atoms with van der Waals surface area (Å²) < 4.78 is 6.96. The van der Waals surface area contributed by atoms with Gasteiger partial charge >= 0.3 is 5.97 Å². The first kappa shape index (κ1) is 13.6. The highest BCUT2D eigenvalue weighted by atomic mass is 32.1. The topological polar surface area (TPSA) is 63.8 Å². The number of imidazole rings is 1. The molecule has 1 aromatic carbocycles. The fourth-order valence-electron chi connectivity index (χ4n) is 2.45. The quantitative estimate of drug-likeness (QED) is 0.805. The standard InChI is InChI=1S/C15H14N2O3S/c1-8-6-10(4-5-12(8)20-3)11-7-21-15-16-9(2)13(14(18)19)17(11)15/h4-7H,1-3H3,(H,18,19). The van der Waals surface area contributed by atoms with E-state index >= 15 is 0 Å². The Hall–Kier alpha value is -2.34. The molecule has 21 heavy (non-hydrogen) atoms. The summed E-state index contributed by atoms with van der Waals surface area (Å²) in [4.78, 5) is 16.5. The van der Waals surface area contributed by atoms with Gasteiger partial charge in [0.2, 0.25) is 0 Å². The molecule has 5 nitrogen and oxygen atoms in total. The van der Waals surface area contributed by atoms with E-state index in [9.17, 15) is 9.90 Å². The van der Waals surface area contributed by atoms with Crippen LogP contribution in [-0.4, -0.2) is 27.6 Å². The van der Waals surface area contributed by atoms with E-state index in [1.807, 2.05) is 30.5 Å². The number of carbonyl (C=O) groups is 1. The average molecular weight is 302 g/mol. The van der Waals surface area contributed by atoms with Gasteiger partial charge in [0, 0.05) is 5.38 Å². The average Bonchev–Trinajstić information content (AvgIpc) is 2.95. The Kier molecular flexibility index (Phi) is 3.17. The predicted octanol–water partition coefficient (Wildman–Crippen LogP) is 3.39. The summed E-state index contributed by atoms with van der Waals surface area (Å²) in [6.45, 7) is 3.68. The van der Waals surface area contributed by atoms with Gasteiger partial charge in [-0.15, -0.1) is 11.3 Å². The number of aryl methyl sites for hydroxylation is 2. The molecular weight excluding hydrogens is 288 g/mol. The molecular formula is C15H14N2O3S. The molecule has 0 spiro atoms. The van der Waals surface area contributed by atoms with Crippen molar-refractivity contribution < 1.29 is 14.6 Å². The van der Waals surface area contributed by atoms with Gasteiger partial charge in [-0.3, -0.25) is 4.40 Å². The van der Waals surface area contributed by atoms with Crippen LogP contribution in [0.5, 0.6) is 5.75 Å². The zero-order chi connectivity index (χ0) is 15.1. The second-order valence-corrected chi connectivity index (χ2v) is 5.61. The van der Waals surface area contributed by atoms with Crippen molar-refractivity contribution in [2.75, 3.05) is 7.11 Å². The van der Waals surface area contributed by atoms with Crippen LogP contribution >= 0.6 is 11.3 Å². The third kappa shape index (κ3) is 2.08. The summed E-state index contributed by atoms with van der Waals surface area (Å²) in [6, 6.07) is 5.80. The molecule has 0 radical (unpaired) electrons. The number of aromatic carboxylic acids is 1. The number of carboxylic acid groups (broad SMARTS) is 1. The summed E-state index contributed by atoms with van der Waals surface area (Å²) >= 11 is 1.43. The monoisotopic (exact) mass is 302 g/mol. The Morgan fingerprint density at radius 1 is 1.38 bits per heavy atom. The number of fused-ring (bicyclic) bond motifs is 1. The number of benzene rings is 1. The number of ether oxygens (including phenoxy) is 1. The Balaban J connectivity index is 2.25. The van der Waals surface area contributed by atoms with Crippen LogP contribution in [0.1, 0.15) is 21.7 Å². The van der Waals surface area contributed by atoms with E-state index in [4.69, 9.17) is 4.74 Å². The number of hydrogen-bond acceptors (Lipinski definition) is 4. The molecule has 2 heterocycles. The highest BCUT2D eigenvalue weighted by Gasteiger charge is 2.20. The fourth-order valence-corrected chi connectivity index (χ4v) is 3.40. The first-order valence-corrected chi connectivity index (χ1v) is 7.25. The molecule has 0 bridgehead atoms. The van der Waals surface area contributed by atoms with Crippen molar-refractivity contribution in [1.29, 1.82) is 0 Å². The van der Waals surface area contributed by atoms with E-state index in [0.717, 1.165) is 22.6 Å². The van der Waals surface area contributed by atoms with E-state index in [-0.39, 0.29) is 5.69 Å². The molecule has 0 aliphatic rings. The minimum Gasteiger partial charge on any atom is -0.496 e. The van der Waals surface area contributed by atoms with Crippen LogP contribution in [0.4, 0.5) is 0 Å². The molecule has 0 fully saturated rings. The number of aromatic nitrogens is 2. The molecule has 0 saturated carbocycles. The van der Waals surface area contributed by atoms with Gasteiger partial charge in [-0.05, 0) is 43.2 Å². The van der Waals surface area contributed by atoms with Crippen molar-refractivity contribution in [3.63, 3.8) is 0 Å². The lowest BCUT2D eigenvalue weighted by Crippen LogP contribution is -2.04. The first-order chi connectivity index (χ1) is 10.0. The van der Waals surface area contributed by atoms with E-state index in [1.54, 1.807) is 18.4 Å². The normalized spacial score (nSPS) is 11.0. The Labute approximate surface area is 125 Å². The largest absolute Gasteiger partial charge is 0.496 e. The van der Waals surface area contributed by atoms with Gasteiger partial charge in [-0.1, -0.05) is 0 Å². The van der Waals surface area contributed by atoms with Crippen LogP contribution in [0.15, 0.2) is 23.6 Å². The van der Waals surface area contributed by atoms with Crippen LogP contribution in [0.2, 0.25) is 0 Å². The van der Waals surface area contributed by atoms with Crippen molar-refractivity contribution >= 4 is 22.3 Å². The SMILES string of the molecule is COc1ccc(-c2csc3nc(C)c(C(=O)O)n23)cc1C. The maximum Gasteiger partial charge on any atom is 0.354 e. The van der Waals surface area contributed by atoms with Crippen molar-refractivity contribution in [2.45, 2.75) is 13.8 Å². The van der Waals surface area contributed by atoms with Crippen LogP contribution in [-0.2, 0) is 0 Å². The molecule has 1 N–H and O–H groups in total. The van der Waals surface area contributed by atoms with Gasteiger partial charge in [-0.25, -0.2) is 9.78 Å². The maximum atomic E-state index is 11.5. The van der Waals surface area contributed by atoms with Crippen LogP contribution in [0, 0.1) is 13.8 Å². The van der Waals surface area contributed by atoms with E-state index in [2.05, 4.69) is 4.98 Å². The van der Waals surface area contributed by atoms with Gasteiger partial charge in [-0.2, -0.15) is 0 Å². The molecule has 108 valence electrons. The van der Waals surface area contributed by atoms with Crippen molar-refractivity contribution in [3.8, 4) is 17.0 Å². The Morgan fingerprint density at radius 3 is 2.76 bits per heavy atom. The molecule has 0 aliphatic carbocycles. The first-order valence-electron chi connectivity index (χ1n) is 6.37. The Bertz CT molecular complexity index is 848. The number of carboxylic acids is 1. The fraction of sp³-hybridized carbons (Fsp3) is 0.200. The smallest absolute Gasteiger partial charge is 0.354 e. The van der Waals surface area contributed by atoms with Gasteiger partial charge in [0.1, 0.15) is 5.75 Å². The molecule has 0 unspecified atom stereocenters. The summed E-state index contributed by atoms with van der Waals surface area (Å²) in [5.41, 5.74) is 3.52. The van der Waals surface area contributed by atoms with Crippen LogP contribution < -0.4 is 4.74 Å². The van der Waals surface area contributed by atoms with Crippen molar-refractivity contribution in [2.24, 2.45) is 0 Å². The second-order valence-electron chi connectivity index (χ2n) is 4.77. The van der Waals surface area contributed by atoms with E-state index in [1.165, 1.54) is 11.3 Å². The van der Waals surface area contributed by atoms with Gasteiger partial charge in [0.15, 0.2) is 10.7 Å². The van der Waals surface area contributed by atoms with Crippen molar-refractivity contribution in [1.82, 2.24) is 9.38 Å². The molecule has 3 aromatic rings. The Morgan fingerprint density at radius 2 is 2.14 bits per heavy atom. The summed E-state index contributed by atoms with van der Waals surface area (Å²) in [5.74, 6) is -0.157. The summed E-state index contributed by atoms with van der Waals surface area (Å²) in [6.07, 6.45) is 0. The molecule has 0 amide bonds. The molecule has 2 aromatic heterocycles. The van der Waals surface area contributed by atoms with E-state index in [0.29, 0.717) is 10.7 Å². The minimum atomic E-state index is -0.968.